The third-order valence-electron chi connectivity index (χ3n) is 6.91. The molecule has 0 aromatic carbocycles. The van der Waals surface area contributed by atoms with E-state index in [0.29, 0.717) is 25.7 Å². The lowest BCUT2D eigenvalue weighted by atomic mass is 9.94. The zero-order chi connectivity index (χ0) is 30.9. The highest BCUT2D eigenvalue weighted by molar-refractivity contribution is 5.82. The minimum Gasteiger partial charge on any atom is -0.462 e. The van der Waals surface area contributed by atoms with Gasteiger partial charge in [-0.25, -0.2) is 4.79 Å². The molecule has 0 amide bonds. The normalized spacial score (nSPS) is 25.4. The summed E-state index contributed by atoms with van der Waals surface area (Å²) in [5, 5.41) is 29.3. The first-order chi connectivity index (χ1) is 19.3. The van der Waals surface area contributed by atoms with Crippen LogP contribution in [0.15, 0.2) is 71.4 Å². The van der Waals surface area contributed by atoms with E-state index in [4.69, 9.17) is 9.47 Å². The zero-order valence-corrected chi connectivity index (χ0v) is 26.0. The van der Waals surface area contributed by atoms with Gasteiger partial charge in [-0.3, -0.25) is 4.79 Å². The molecule has 0 bridgehead atoms. The standard InChI is InChI=1S/C34H52O7/c1-23(2)31-15-9-8-14-27(6)32(16-11-17-33(38)40-31)41-34(39)19-18-26(5)20-24(3)12-10-13-25(4)21-29(36)30(37)22-28(7)35/h8-10,12-13,18-21,23,27-32,35-37H,11,14-17,22H2,1-7H3/b9-8+,13-10+,19-18+,24-12+,25-21+,26-20+/t27-,28+,29+,30+,31?,32-/m0/s1. The van der Waals surface area contributed by atoms with Gasteiger partial charge < -0.3 is 24.8 Å². The van der Waals surface area contributed by atoms with Gasteiger partial charge >= 0.3 is 11.9 Å². The van der Waals surface area contributed by atoms with Gasteiger partial charge in [-0.15, -0.1) is 0 Å². The lowest BCUT2D eigenvalue weighted by molar-refractivity contribution is -0.151. The van der Waals surface area contributed by atoms with Crippen molar-refractivity contribution in [2.45, 2.75) is 118 Å². The Labute approximate surface area is 247 Å². The van der Waals surface area contributed by atoms with Crippen LogP contribution >= 0.6 is 0 Å². The minimum absolute atomic E-state index is 0.102. The first-order valence-corrected chi connectivity index (χ1v) is 14.8. The maximum absolute atomic E-state index is 12.6. The molecule has 41 heavy (non-hydrogen) atoms. The number of carbonyl (C=O) groups excluding carboxylic acids is 2. The molecule has 0 spiro atoms. The topological polar surface area (TPSA) is 113 Å². The average molecular weight is 573 g/mol. The van der Waals surface area contributed by atoms with Gasteiger partial charge in [0.25, 0.3) is 0 Å². The summed E-state index contributed by atoms with van der Waals surface area (Å²) >= 11 is 0. The Bertz CT molecular complexity index is 997. The van der Waals surface area contributed by atoms with Crippen molar-refractivity contribution in [3.05, 3.63) is 71.4 Å². The van der Waals surface area contributed by atoms with Crippen LogP contribution in [-0.2, 0) is 19.1 Å². The van der Waals surface area contributed by atoms with Crippen LogP contribution in [0, 0.1) is 11.8 Å². The number of ether oxygens (including phenoxy) is 2. The number of allylic oxidation sites excluding steroid dienone is 9. The van der Waals surface area contributed by atoms with Crippen LogP contribution < -0.4 is 0 Å². The number of hydrogen-bond acceptors (Lipinski definition) is 7. The Kier molecular flexibility index (Phi) is 17.2. The molecule has 1 aliphatic heterocycles. The van der Waals surface area contributed by atoms with Gasteiger partial charge in [-0.2, -0.15) is 0 Å². The Morgan fingerprint density at radius 2 is 1.71 bits per heavy atom. The predicted octanol–water partition coefficient (Wildman–Crippen LogP) is 6.07. The summed E-state index contributed by atoms with van der Waals surface area (Å²) in [5.74, 6) is -0.228. The molecule has 7 heteroatoms. The molecule has 1 rings (SSSR count). The molecule has 1 unspecified atom stereocenters. The lowest BCUT2D eigenvalue weighted by Gasteiger charge is -2.24. The molecule has 230 valence electrons. The number of aliphatic hydroxyl groups is 3. The van der Waals surface area contributed by atoms with Crippen molar-refractivity contribution in [1.82, 2.24) is 0 Å². The summed E-state index contributed by atoms with van der Waals surface area (Å²) in [6.45, 7) is 13.4. The van der Waals surface area contributed by atoms with Gasteiger partial charge in [0.2, 0.25) is 0 Å². The SMILES string of the molecule is CC(=C\C=C\C(C)=C\[C@@H](O)[C@H](O)C[C@@H](C)O)/C=C(C)/C=C/C(=O)O[C@H]1CCCC(=O)OC(C(C)C)C/C=C/C[C@@H]1C. The molecule has 0 aromatic rings. The molecule has 1 heterocycles. The molecule has 0 aliphatic carbocycles. The van der Waals surface area contributed by atoms with Gasteiger partial charge in [0.05, 0.1) is 18.3 Å². The summed E-state index contributed by atoms with van der Waals surface area (Å²) < 4.78 is 11.4. The highest BCUT2D eigenvalue weighted by atomic mass is 16.5. The highest BCUT2D eigenvalue weighted by Gasteiger charge is 2.23. The summed E-state index contributed by atoms with van der Waals surface area (Å²) in [5.41, 5.74) is 2.62. The molecular formula is C34H52O7. The third kappa shape index (κ3) is 16.3. The average Bonchev–Trinajstić information content (AvgIpc) is 2.87. The van der Waals surface area contributed by atoms with Crippen LogP contribution in [0.25, 0.3) is 0 Å². The molecule has 0 aromatic heterocycles. The van der Waals surface area contributed by atoms with Gasteiger partial charge in [0.1, 0.15) is 12.2 Å². The quantitative estimate of drug-likeness (QED) is 0.119. The molecule has 1 aliphatic rings. The molecule has 0 radical (unpaired) electrons. The van der Waals surface area contributed by atoms with E-state index in [1.807, 2.05) is 45.1 Å². The number of hydrogen-bond donors (Lipinski definition) is 3. The highest BCUT2D eigenvalue weighted by Crippen LogP contribution is 2.22. The first-order valence-electron chi connectivity index (χ1n) is 14.8. The van der Waals surface area contributed by atoms with E-state index >= 15 is 0 Å². The predicted molar refractivity (Wildman–Crippen MR) is 164 cm³/mol. The number of carbonyl (C=O) groups is 2. The van der Waals surface area contributed by atoms with Crippen LogP contribution in [0.4, 0.5) is 0 Å². The fourth-order valence-corrected chi connectivity index (χ4v) is 4.40. The van der Waals surface area contributed by atoms with E-state index in [1.165, 1.54) is 6.08 Å². The van der Waals surface area contributed by atoms with Crippen LogP contribution in [-0.4, -0.2) is 57.8 Å². The number of aliphatic hydroxyl groups excluding tert-OH is 3. The van der Waals surface area contributed by atoms with Crippen molar-refractivity contribution in [3.63, 3.8) is 0 Å². The van der Waals surface area contributed by atoms with E-state index in [0.717, 1.165) is 23.1 Å². The van der Waals surface area contributed by atoms with Crippen molar-refractivity contribution < 1.29 is 34.4 Å². The second kappa shape index (κ2) is 19.4. The molecule has 0 fully saturated rings. The number of rotatable bonds is 11. The maximum atomic E-state index is 12.6. The van der Waals surface area contributed by atoms with Crippen LogP contribution in [0.5, 0.6) is 0 Å². The summed E-state index contributed by atoms with van der Waals surface area (Å²) in [7, 11) is 0. The van der Waals surface area contributed by atoms with Crippen molar-refractivity contribution in [1.29, 1.82) is 0 Å². The van der Waals surface area contributed by atoms with E-state index in [-0.39, 0.29) is 36.4 Å². The Morgan fingerprint density at radius 1 is 1.02 bits per heavy atom. The zero-order valence-electron chi connectivity index (χ0n) is 26.0. The van der Waals surface area contributed by atoms with Gasteiger partial charge in [0.15, 0.2) is 0 Å². The van der Waals surface area contributed by atoms with Crippen LogP contribution in [0.1, 0.15) is 87.0 Å². The Balaban J connectivity index is 2.73. The summed E-state index contributed by atoms with van der Waals surface area (Å²) in [6.07, 6.45) is 16.3. The van der Waals surface area contributed by atoms with Gasteiger partial charge in [-0.05, 0) is 58.8 Å². The molecule has 0 saturated carbocycles. The summed E-state index contributed by atoms with van der Waals surface area (Å²) in [6, 6.07) is 0. The van der Waals surface area contributed by atoms with E-state index in [2.05, 4.69) is 32.9 Å². The van der Waals surface area contributed by atoms with Crippen molar-refractivity contribution in [2.24, 2.45) is 11.8 Å². The lowest BCUT2D eigenvalue weighted by Crippen LogP contribution is -2.27. The Hall–Kier alpha value is -2.74. The van der Waals surface area contributed by atoms with E-state index in [1.54, 1.807) is 19.1 Å². The second-order valence-corrected chi connectivity index (χ2v) is 11.6. The summed E-state index contributed by atoms with van der Waals surface area (Å²) in [4.78, 5) is 24.9. The van der Waals surface area contributed by atoms with Crippen molar-refractivity contribution in [2.75, 3.05) is 0 Å². The van der Waals surface area contributed by atoms with Crippen LogP contribution in [0.3, 0.4) is 0 Å². The molecule has 3 N–H and O–H groups in total. The second-order valence-electron chi connectivity index (χ2n) is 11.6. The van der Waals surface area contributed by atoms with Crippen molar-refractivity contribution in [3.8, 4) is 0 Å². The fourth-order valence-electron chi connectivity index (χ4n) is 4.40. The monoisotopic (exact) mass is 572 g/mol. The van der Waals surface area contributed by atoms with Gasteiger partial charge in [0, 0.05) is 25.3 Å². The molecule has 6 atom stereocenters. The third-order valence-corrected chi connectivity index (χ3v) is 6.91. The molecule has 0 saturated heterocycles. The fraction of sp³-hybridized carbons (Fsp3) is 0.588. The van der Waals surface area contributed by atoms with E-state index < -0.39 is 24.3 Å². The number of cyclic esters (lactones) is 1. The molecule has 7 nitrogen and oxygen atoms in total. The van der Waals surface area contributed by atoms with Crippen molar-refractivity contribution >= 4 is 11.9 Å². The van der Waals surface area contributed by atoms with Crippen LogP contribution in [0.2, 0.25) is 0 Å². The number of esters is 2. The first kappa shape index (κ1) is 36.3. The van der Waals surface area contributed by atoms with E-state index in [9.17, 15) is 24.9 Å². The Morgan fingerprint density at radius 3 is 2.37 bits per heavy atom. The minimum atomic E-state index is -1.05. The molecular weight excluding hydrogens is 520 g/mol. The van der Waals surface area contributed by atoms with Gasteiger partial charge in [-0.1, -0.05) is 86.1 Å². The maximum Gasteiger partial charge on any atom is 0.331 e. The smallest absolute Gasteiger partial charge is 0.331 e. The largest absolute Gasteiger partial charge is 0.462 e.